The topological polar surface area (TPSA) is 77.4 Å². The van der Waals surface area contributed by atoms with Crippen LogP contribution in [-0.2, 0) is 18.3 Å². The number of hydrogen-bond acceptors (Lipinski definition) is 6. The minimum atomic E-state index is -1.65. The van der Waals surface area contributed by atoms with Crippen molar-refractivity contribution in [3.05, 3.63) is 0 Å². The van der Waals surface area contributed by atoms with Gasteiger partial charge < -0.3 is 28.5 Å². The molecule has 0 saturated carbocycles. The van der Waals surface area contributed by atoms with Gasteiger partial charge in [-0.15, -0.1) is 0 Å². The highest BCUT2D eigenvalue weighted by Gasteiger charge is 2.41. The van der Waals surface area contributed by atoms with Crippen LogP contribution < -0.4 is 0 Å². The lowest BCUT2D eigenvalue weighted by molar-refractivity contribution is -0.178. The molecular formula is C12H30O6Si3. The van der Waals surface area contributed by atoms with Gasteiger partial charge >= 0.3 is 0 Å². The number of hydrogen-bond donors (Lipinski definition) is 2. The van der Waals surface area contributed by atoms with Gasteiger partial charge in [0.15, 0.2) is 6.29 Å². The Morgan fingerprint density at radius 2 is 2.00 bits per heavy atom. The summed E-state index contributed by atoms with van der Waals surface area (Å²) in [4.78, 5) is 0. The fourth-order valence-corrected chi connectivity index (χ4v) is 7.96. The van der Waals surface area contributed by atoms with E-state index in [1.165, 1.54) is 0 Å². The fourth-order valence-electron chi connectivity index (χ4n) is 2.78. The number of aliphatic hydroxyl groups excluding tert-OH is 2. The molecule has 0 aromatic heterocycles. The van der Waals surface area contributed by atoms with E-state index < -0.39 is 14.2 Å². The molecule has 0 bridgehead atoms. The fraction of sp³-hybridized carbons (Fsp3) is 1.00. The minimum Gasteiger partial charge on any atom is -0.405 e. The highest BCUT2D eigenvalue weighted by atomic mass is 28.3. The summed E-state index contributed by atoms with van der Waals surface area (Å²) in [7, 11) is -0.294. The Hall–Kier alpha value is 0.411. The molecule has 126 valence electrons. The van der Waals surface area contributed by atoms with Gasteiger partial charge in [0, 0.05) is 12.1 Å². The van der Waals surface area contributed by atoms with Crippen molar-refractivity contribution in [3.63, 3.8) is 0 Å². The first-order valence-electron chi connectivity index (χ1n) is 7.52. The maximum Gasteiger partial charge on any atom is 0.158 e. The largest absolute Gasteiger partial charge is 0.405 e. The molecule has 3 unspecified atom stereocenters. The monoisotopic (exact) mass is 354 g/mol. The normalized spacial score (nSPS) is 26.9. The summed E-state index contributed by atoms with van der Waals surface area (Å²) in [5, 5.41) is 18.3. The Kier molecular flexibility index (Phi) is 8.83. The average molecular weight is 355 g/mol. The van der Waals surface area contributed by atoms with Gasteiger partial charge in [0.25, 0.3) is 0 Å². The zero-order chi connectivity index (χ0) is 15.9. The predicted molar refractivity (Wildman–Crippen MR) is 89.9 cm³/mol. The first-order valence-corrected chi connectivity index (χ1v) is 12.4. The van der Waals surface area contributed by atoms with E-state index in [-0.39, 0.29) is 25.8 Å². The van der Waals surface area contributed by atoms with E-state index in [1.807, 2.05) is 0 Å². The van der Waals surface area contributed by atoms with E-state index in [0.717, 1.165) is 18.9 Å². The Morgan fingerprint density at radius 3 is 2.57 bits per heavy atom. The average Bonchev–Trinajstić information content (AvgIpc) is 2.50. The molecule has 1 aliphatic heterocycles. The maximum absolute atomic E-state index is 9.45. The lowest BCUT2D eigenvalue weighted by Crippen LogP contribution is -2.47. The van der Waals surface area contributed by atoms with E-state index in [4.69, 9.17) is 23.4 Å². The molecule has 3 atom stereocenters. The lowest BCUT2D eigenvalue weighted by atomic mass is 10.2. The molecule has 0 aromatic carbocycles. The molecule has 6 nitrogen and oxygen atoms in total. The van der Waals surface area contributed by atoms with Crippen LogP contribution in [0.2, 0.25) is 24.7 Å². The number of ether oxygens (including phenoxy) is 2. The van der Waals surface area contributed by atoms with Crippen molar-refractivity contribution >= 4 is 29.0 Å². The van der Waals surface area contributed by atoms with Crippen LogP contribution in [0.15, 0.2) is 0 Å². The van der Waals surface area contributed by atoms with E-state index >= 15 is 0 Å². The van der Waals surface area contributed by atoms with Crippen molar-refractivity contribution in [3.8, 4) is 0 Å². The summed E-state index contributed by atoms with van der Waals surface area (Å²) in [5.41, 5.74) is 0.355. The highest BCUT2D eigenvalue weighted by Crippen LogP contribution is 2.39. The van der Waals surface area contributed by atoms with Crippen molar-refractivity contribution < 1.29 is 28.5 Å². The summed E-state index contributed by atoms with van der Waals surface area (Å²) in [5.74, 6) is 0. The van der Waals surface area contributed by atoms with E-state index in [0.29, 0.717) is 33.1 Å². The van der Waals surface area contributed by atoms with E-state index in [1.54, 1.807) is 0 Å². The quantitative estimate of drug-likeness (QED) is 0.387. The molecule has 0 amide bonds. The van der Waals surface area contributed by atoms with Crippen LogP contribution >= 0.6 is 0 Å². The van der Waals surface area contributed by atoms with Crippen LogP contribution in [-0.4, -0.2) is 77.8 Å². The Morgan fingerprint density at radius 1 is 1.33 bits per heavy atom. The summed E-state index contributed by atoms with van der Waals surface area (Å²) in [6.45, 7) is 5.15. The van der Waals surface area contributed by atoms with Gasteiger partial charge in [-0.2, -0.15) is 0 Å². The van der Waals surface area contributed by atoms with Crippen molar-refractivity contribution in [1.29, 1.82) is 0 Å². The van der Waals surface area contributed by atoms with Crippen LogP contribution in [0.5, 0.6) is 0 Å². The zero-order valence-electron chi connectivity index (χ0n) is 13.6. The Labute approximate surface area is 134 Å². The smallest absolute Gasteiger partial charge is 0.158 e. The summed E-state index contributed by atoms with van der Waals surface area (Å²) >= 11 is 0. The molecular weight excluding hydrogens is 324 g/mol. The SMILES string of the molecule is C[Si](C)(CC(O[SiH3])O[SiH3])C1CCCOC1OCC(O)CO. The van der Waals surface area contributed by atoms with Gasteiger partial charge in [0.2, 0.25) is 0 Å². The van der Waals surface area contributed by atoms with Crippen LogP contribution in [0.4, 0.5) is 0 Å². The van der Waals surface area contributed by atoms with Gasteiger partial charge in [-0.25, -0.2) is 0 Å². The Bertz CT molecular complexity index is 290. The second kappa shape index (κ2) is 9.53. The molecule has 0 aromatic rings. The lowest BCUT2D eigenvalue weighted by Gasteiger charge is -2.42. The zero-order valence-corrected chi connectivity index (χ0v) is 18.6. The molecule has 2 N–H and O–H groups in total. The van der Waals surface area contributed by atoms with Gasteiger partial charge in [-0.05, 0) is 18.9 Å². The van der Waals surface area contributed by atoms with Crippen LogP contribution in [0, 0.1) is 0 Å². The predicted octanol–water partition coefficient (Wildman–Crippen LogP) is -1.51. The number of aliphatic hydroxyl groups is 2. The van der Waals surface area contributed by atoms with Crippen LogP contribution in [0.1, 0.15) is 12.8 Å². The second-order valence-corrected chi connectivity index (χ2v) is 12.3. The van der Waals surface area contributed by atoms with Crippen LogP contribution in [0.25, 0.3) is 0 Å². The molecule has 1 aliphatic rings. The molecule has 0 aliphatic carbocycles. The van der Waals surface area contributed by atoms with Crippen molar-refractivity contribution in [2.45, 2.75) is 56.2 Å². The molecule has 21 heavy (non-hydrogen) atoms. The maximum atomic E-state index is 9.45. The third kappa shape index (κ3) is 6.20. The third-order valence-electron chi connectivity index (χ3n) is 4.16. The Balaban J connectivity index is 2.65. The van der Waals surface area contributed by atoms with Gasteiger partial charge in [0.1, 0.15) is 33.4 Å². The molecule has 1 heterocycles. The molecule has 0 spiro atoms. The molecule has 9 heteroatoms. The van der Waals surface area contributed by atoms with Crippen molar-refractivity contribution in [2.24, 2.45) is 0 Å². The molecule has 1 fully saturated rings. The first-order chi connectivity index (χ1) is 9.94. The van der Waals surface area contributed by atoms with Crippen molar-refractivity contribution in [2.75, 3.05) is 19.8 Å². The first kappa shape index (κ1) is 19.5. The van der Waals surface area contributed by atoms with Gasteiger partial charge in [-0.3, -0.25) is 0 Å². The standard InChI is InChI=1S/C12H30O6Si3/c1-21(2,8-11(17-19)18-20)10-4-3-5-15-12(10)16-7-9(14)6-13/h9-14H,3-8H2,1-2,19-20H3. The number of rotatable bonds is 9. The van der Waals surface area contributed by atoms with Crippen LogP contribution in [0.3, 0.4) is 0 Å². The summed E-state index contributed by atoms with van der Waals surface area (Å²) < 4.78 is 22.5. The second-order valence-electron chi connectivity index (χ2n) is 6.25. The highest BCUT2D eigenvalue weighted by molar-refractivity contribution is 6.79. The molecule has 1 saturated heterocycles. The minimum absolute atomic E-state index is 0.0735. The van der Waals surface area contributed by atoms with E-state index in [2.05, 4.69) is 13.1 Å². The van der Waals surface area contributed by atoms with Gasteiger partial charge in [0.05, 0.1) is 21.3 Å². The van der Waals surface area contributed by atoms with Gasteiger partial charge in [-0.1, -0.05) is 13.1 Å². The summed E-state index contributed by atoms with van der Waals surface area (Å²) in [6.07, 6.45) is 0.913. The van der Waals surface area contributed by atoms with Crippen molar-refractivity contribution in [1.82, 2.24) is 0 Å². The molecule has 0 radical (unpaired) electrons. The summed E-state index contributed by atoms with van der Waals surface area (Å²) in [6, 6.07) is 0.941. The third-order valence-corrected chi connectivity index (χ3v) is 9.16. The molecule has 1 rings (SSSR count). The van der Waals surface area contributed by atoms with E-state index in [9.17, 15) is 5.11 Å².